The number of carboxylic acid groups (broad SMARTS) is 1. The van der Waals surface area contributed by atoms with Gasteiger partial charge in [-0.1, -0.05) is 42.5 Å². The van der Waals surface area contributed by atoms with Crippen LogP contribution in [0.4, 0.5) is 0 Å². The maximum atomic E-state index is 12.9. The number of amides is 3. The topological polar surface area (TPSA) is 171 Å². The first-order valence-electron chi connectivity index (χ1n) is 11.4. The van der Waals surface area contributed by atoms with Crippen LogP contribution in [0, 0.1) is 0 Å². The molecule has 10 nitrogen and oxygen atoms in total. The lowest BCUT2D eigenvalue weighted by atomic mass is 10.0. The standard InChI is InChI=1S/C25H32N4O6S/c1-36-12-11-19(26)23(32)29-20(13-17-7-9-18(30)10-8-17)24(33)27-15-22(31)28-21(25(34)35)14-16-5-3-2-4-6-16/h2-10,19-21,30H,11-15,26H2,1H3,(H,27,33)(H,28,31)(H,29,32)(H,34,35). The summed E-state index contributed by atoms with van der Waals surface area (Å²) in [7, 11) is 0. The quantitative estimate of drug-likeness (QED) is 0.210. The third-order valence-electron chi connectivity index (χ3n) is 5.32. The number of aliphatic carboxylic acids is 1. The van der Waals surface area contributed by atoms with Crippen molar-refractivity contribution < 1.29 is 29.4 Å². The summed E-state index contributed by atoms with van der Waals surface area (Å²) in [5.74, 6) is -2.27. The molecule has 36 heavy (non-hydrogen) atoms. The SMILES string of the molecule is CSCCC(N)C(=O)NC(Cc1ccc(O)cc1)C(=O)NCC(=O)NC(Cc1ccccc1)C(=O)O. The van der Waals surface area contributed by atoms with Crippen molar-refractivity contribution >= 4 is 35.5 Å². The van der Waals surface area contributed by atoms with E-state index in [0.29, 0.717) is 17.7 Å². The predicted molar refractivity (Wildman–Crippen MR) is 137 cm³/mol. The molecule has 2 aromatic carbocycles. The van der Waals surface area contributed by atoms with Crippen LogP contribution >= 0.6 is 11.8 Å². The molecule has 7 N–H and O–H groups in total. The van der Waals surface area contributed by atoms with E-state index in [-0.39, 0.29) is 18.6 Å². The minimum absolute atomic E-state index is 0.0584. The van der Waals surface area contributed by atoms with Crippen LogP contribution < -0.4 is 21.7 Å². The minimum atomic E-state index is -1.20. The van der Waals surface area contributed by atoms with Crippen molar-refractivity contribution in [3.63, 3.8) is 0 Å². The normalized spacial score (nSPS) is 13.2. The van der Waals surface area contributed by atoms with Gasteiger partial charge in [0.25, 0.3) is 0 Å². The molecule has 0 aliphatic carbocycles. The van der Waals surface area contributed by atoms with Crippen LogP contribution in [0.25, 0.3) is 0 Å². The maximum absolute atomic E-state index is 12.9. The van der Waals surface area contributed by atoms with Crippen molar-refractivity contribution in [1.29, 1.82) is 0 Å². The van der Waals surface area contributed by atoms with Gasteiger partial charge >= 0.3 is 5.97 Å². The smallest absolute Gasteiger partial charge is 0.326 e. The highest BCUT2D eigenvalue weighted by atomic mass is 32.2. The number of carbonyl (C=O) groups excluding carboxylic acids is 3. The number of nitrogens with one attached hydrogen (secondary N) is 3. The Balaban J connectivity index is 2.01. The zero-order chi connectivity index (χ0) is 26.5. The largest absolute Gasteiger partial charge is 0.508 e. The van der Waals surface area contributed by atoms with Gasteiger partial charge in [0.1, 0.15) is 17.8 Å². The summed E-state index contributed by atoms with van der Waals surface area (Å²) in [6.07, 6.45) is 2.51. The van der Waals surface area contributed by atoms with E-state index < -0.39 is 48.4 Å². The van der Waals surface area contributed by atoms with Crippen molar-refractivity contribution in [2.45, 2.75) is 37.4 Å². The molecule has 194 valence electrons. The first kappa shape index (κ1) is 28.7. The number of phenols is 1. The van der Waals surface area contributed by atoms with Gasteiger partial charge in [-0.2, -0.15) is 11.8 Å². The molecule has 2 rings (SSSR count). The van der Waals surface area contributed by atoms with E-state index >= 15 is 0 Å². The Morgan fingerprint density at radius 1 is 0.889 bits per heavy atom. The summed E-state index contributed by atoms with van der Waals surface area (Å²) in [5, 5.41) is 26.5. The second-order valence-corrected chi connectivity index (χ2v) is 9.17. The number of aromatic hydroxyl groups is 1. The van der Waals surface area contributed by atoms with Crippen molar-refractivity contribution in [3.05, 3.63) is 65.7 Å². The van der Waals surface area contributed by atoms with Gasteiger partial charge in [-0.3, -0.25) is 14.4 Å². The molecule has 11 heteroatoms. The van der Waals surface area contributed by atoms with Gasteiger partial charge in [-0.15, -0.1) is 0 Å². The zero-order valence-corrected chi connectivity index (χ0v) is 20.8. The minimum Gasteiger partial charge on any atom is -0.508 e. The van der Waals surface area contributed by atoms with Gasteiger partial charge in [-0.25, -0.2) is 4.79 Å². The number of hydrogen-bond donors (Lipinski definition) is 6. The van der Waals surface area contributed by atoms with Gasteiger partial charge in [0.2, 0.25) is 17.7 Å². The van der Waals surface area contributed by atoms with Crippen LogP contribution in [0.2, 0.25) is 0 Å². The Labute approximate surface area is 214 Å². The van der Waals surface area contributed by atoms with Crippen LogP contribution in [0.1, 0.15) is 17.5 Å². The van der Waals surface area contributed by atoms with Gasteiger partial charge in [0.05, 0.1) is 12.6 Å². The third-order valence-corrected chi connectivity index (χ3v) is 5.96. The highest BCUT2D eigenvalue weighted by molar-refractivity contribution is 7.98. The number of carboxylic acids is 1. The predicted octanol–water partition coefficient (Wildman–Crippen LogP) is 0.428. The molecule has 3 amide bonds. The van der Waals surface area contributed by atoms with E-state index in [9.17, 15) is 29.4 Å². The number of phenolic OH excluding ortho intramolecular Hbond substituents is 1. The Hall–Kier alpha value is -3.57. The number of rotatable bonds is 14. The van der Waals surface area contributed by atoms with E-state index in [4.69, 9.17) is 5.73 Å². The first-order chi connectivity index (χ1) is 17.2. The fourth-order valence-corrected chi connectivity index (χ4v) is 3.81. The molecule has 0 aromatic heterocycles. The van der Waals surface area contributed by atoms with Crippen molar-refractivity contribution in [1.82, 2.24) is 16.0 Å². The molecular weight excluding hydrogens is 484 g/mol. The summed E-state index contributed by atoms with van der Waals surface area (Å²) < 4.78 is 0. The van der Waals surface area contributed by atoms with Gasteiger partial charge in [-0.05, 0) is 41.7 Å². The molecule has 0 fully saturated rings. The molecular formula is C25H32N4O6S. The molecule has 0 spiro atoms. The molecule has 0 aliphatic rings. The van der Waals surface area contributed by atoms with Crippen LogP contribution in [-0.2, 0) is 32.0 Å². The van der Waals surface area contributed by atoms with E-state index in [2.05, 4.69) is 16.0 Å². The van der Waals surface area contributed by atoms with Crippen LogP contribution in [0.5, 0.6) is 5.75 Å². The van der Waals surface area contributed by atoms with E-state index in [0.717, 1.165) is 5.56 Å². The van der Waals surface area contributed by atoms with Crippen molar-refractivity contribution in [2.24, 2.45) is 5.73 Å². The number of nitrogens with two attached hydrogens (primary N) is 1. The van der Waals surface area contributed by atoms with E-state index in [1.807, 2.05) is 6.26 Å². The Morgan fingerprint density at radius 3 is 2.11 bits per heavy atom. The van der Waals surface area contributed by atoms with Gasteiger partial charge in [0.15, 0.2) is 0 Å². The summed E-state index contributed by atoms with van der Waals surface area (Å²) in [5.41, 5.74) is 7.33. The Kier molecular flexibility index (Phi) is 11.7. The lowest BCUT2D eigenvalue weighted by molar-refractivity contribution is -0.141. The highest BCUT2D eigenvalue weighted by Crippen LogP contribution is 2.12. The summed E-state index contributed by atoms with van der Waals surface area (Å²) in [6.45, 7) is -0.474. The Morgan fingerprint density at radius 2 is 1.50 bits per heavy atom. The molecule has 0 aliphatic heterocycles. The molecule has 0 heterocycles. The zero-order valence-electron chi connectivity index (χ0n) is 20.0. The van der Waals surface area contributed by atoms with Crippen molar-refractivity contribution in [2.75, 3.05) is 18.6 Å². The lowest BCUT2D eigenvalue weighted by Crippen LogP contribution is -2.54. The van der Waals surface area contributed by atoms with Crippen LogP contribution in [-0.4, -0.2) is 70.6 Å². The average molecular weight is 517 g/mol. The molecule has 0 saturated carbocycles. The second kappa shape index (κ2) is 14.7. The van der Waals surface area contributed by atoms with Gasteiger partial charge in [0, 0.05) is 12.8 Å². The average Bonchev–Trinajstić information content (AvgIpc) is 2.86. The van der Waals surface area contributed by atoms with Gasteiger partial charge < -0.3 is 31.9 Å². The van der Waals surface area contributed by atoms with Crippen LogP contribution in [0.15, 0.2) is 54.6 Å². The Bertz CT molecular complexity index is 1020. The van der Waals surface area contributed by atoms with Crippen molar-refractivity contribution in [3.8, 4) is 5.75 Å². The summed E-state index contributed by atoms with van der Waals surface area (Å²) >= 11 is 1.55. The summed E-state index contributed by atoms with van der Waals surface area (Å²) in [6, 6.07) is 12.0. The van der Waals surface area contributed by atoms with Crippen LogP contribution in [0.3, 0.4) is 0 Å². The number of thioether (sulfide) groups is 1. The monoisotopic (exact) mass is 516 g/mol. The fourth-order valence-electron chi connectivity index (χ4n) is 3.32. The molecule has 0 radical (unpaired) electrons. The lowest BCUT2D eigenvalue weighted by Gasteiger charge is -2.21. The number of carbonyl (C=O) groups is 4. The number of benzene rings is 2. The fraction of sp³-hybridized carbons (Fsp3) is 0.360. The first-order valence-corrected chi connectivity index (χ1v) is 12.8. The second-order valence-electron chi connectivity index (χ2n) is 8.19. The number of hydrogen-bond acceptors (Lipinski definition) is 7. The highest BCUT2D eigenvalue weighted by Gasteiger charge is 2.25. The third kappa shape index (κ3) is 9.96. The maximum Gasteiger partial charge on any atom is 0.326 e. The molecule has 2 aromatic rings. The molecule has 0 saturated heterocycles. The van der Waals surface area contributed by atoms with E-state index in [1.165, 1.54) is 12.1 Å². The summed E-state index contributed by atoms with van der Waals surface area (Å²) in [4.78, 5) is 49.4. The molecule has 3 unspecified atom stereocenters. The molecule has 3 atom stereocenters. The van der Waals surface area contributed by atoms with E-state index in [1.54, 1.807) is 54.2 Å². The molecule has 0 bridgehead atoms.